The number of carbonyl (C=O) groups excluding carboxylic acids is 1. The zero-order chi connectivity index (χ0) is 22.0. The van der Waals surface area contributed by atoms with Crippen molar-refractivity contribution in [2.75, 3.05) is 19.7 Å². The first-order valence-corrected chi connectivity index (χ1v) is 9.77. The first kappa shape index (κ1) is 20.8. The van der Waals surface area contributed by atoms with E-state index in [0.717, 1.165) is 12.4 Å². The number of hydrogen-bond donors (Lipinski definition) is 0. The highest BCUT2D eigenvalue weighted by Gasteiger charge is 2.36. The van der Waals surface area contributed by atoms with Gasteiger partial charge in [0.1, 0.15) is 18.7 Å². The Hall–Kier alpha value is -3.43. The maximum atomic E-state index is 13.4. The summed E-state index contributed by atoms with van der Waals surface area (Å²) in [5.41, 5.74) is -0.0438. The summed E-state index contributed by atoms with van der Waals surface area (Å²) in [4.78, 5) is 22.6. The van der Waals surface area contributed by atoms with Crippen molar-refractivity contribution in [1.82, 2.24) is 24.5 Å². The fourth-order valence-electron chi connectivity index (χ4n) is 3.65. The zero-order valence-electron chi connectivity index (χ0n) is 16.5. The first-order chi connectivity index (χ1) is 14.9. The SMILES string of the molecule is C=CCOc1ccc(C(=O)N2CCC(c3cc(C(F)(F)F)n4ncnc4n3)CC2)cc1. The minimum Gasteiger partial charge on any atom is -0.490 e. The Labute approximate surface area is 176 Å². The van der Waals surface area contributed by atoms with Crippen LogP contribution >= 0.6 is 0 Å². The smallest absolute Gasteiger partial charge is 0.433 e. The van der Waals surface area contributed by atoms with Crippen LogP contribution in [0.4, 0.5) is 13.2 Å². The maximum absolute atomic E-state index is 13.4. The summed E-state index contributed by atoms with van der Waals surface area (Å²) in [6.07, 6.45) is -0.851. The van der Waals surface area contributed by atoms with Gasteiger partial charge < -0.3 is 9.64 Å². The molecule has 31 heavy (non-hydrogen) atoms. The molecule has 0 bridgehead atoms. The maximum Gasteiger partial charge on any atom is 0.433 e. The lowest BCUT2D eigenvalue weighted by molar-refractivity contribution is -0.142. The second-order valence-corrected chi connectivity index (χ2v) is 7.23. The number of likely N-dealkylation sites (tertiary alicyclic amines) is 1. The van der Waals surface area contributed by atoms with E-state index in [2.05, 4.69) is 21.6 Å². The van der Waals surface area contributed by atoms with Crippen LogP contribution in [-0.2, 0) is 6.18 Å². The van der Waals surface area contributed by atoms with E-state index in [-0.39, 0.29) is 17.6 Å². The second-order valence-electron chi connectivity index (χ2n) is 7.23. The Kier molecular flexibility index (Phi) is 5.62. The molecule has 4 rings (SSSR count). The van der Waals surface area contributed by atoms with Crippen LogP contribution in [0.15, 0.2) is 49.3 Å². The molecule has 0 unspecified atom stereocenters. The monoisotopic (exact) mass is 431 g/mol. The minimum atomic E-state index is -4.57. The predicted octanol–water partition coefficient (Wildman–Crippen LogP) is 3.73. The number of benzene rings is 1. The van der Waals surface area contributed by atoms with Gasteiger partial charge in [0.2, 0.25) is 0 Å². The molecule has 0 N–H and O–H groups in total. The van der Waals surface area contributed by atoms with Crippen LogP contribution < -0.4 is 4.74 Å². The van der Waals surface area contributed by atoms with Gasteiger partial charge in [-0.1, -0.05) is 12.7 Å². The van der Waals surface area contributed by atoms with Gasteiger partial charge in [-0.25, -0.2) is 4.98 Å². The van der Waals surface area contributed by atoms with Crippen molar-refractivity contribution in [3.63, 3.8) is 0 Å². The van der Waals surface area contributed by atoms with Crippen LogP contribution in [0, 0.1) is 0 Å². The summed E-state index contributed by atoms with van der Waals surface area (Å²) < 4.78 is 46.4. The van der Waals surface area contributed by atoms with Crippen molar-refractivity contribution in [3.05, 3.63) is 66.3 Å². The van der Waals surface area contributed by atoms with Crippen molar-refractivity contribution in [2.24, 2.45) is 0 Å². The lowest BCUT2D eigenvalue weighted by atomic mass is 9.92. The van der Waals surface area contributed by atoms with Crippen LogP contribution in [0.3, 0.4) is 0 Å². The summed E-state index contributed by atoms with van der Waals surface area (Å²) in [6.45, 7) is 4.83. The number of ether oxygens (including phenoxy) is 1. The van der Waals surface area contributed by atoms with Gasteiger partial charge in [0.05, 0.1) is 0 Å². The molecule has 0 saturated carbocycles. The molecular formula is C21H20F3N5O2. The highest BCUT2D eigenvalue weighted by molar-refractivity contribution is 5.94. The molecule has 7 nitrogen and oxygen atoms in total. The predicted molar refractivity (Wildman–Crippen MR) is 106 cm³/mol. The number of aromatic nitrogens is 4. The zero-order valence-corrected chi connectivity index (χ0v) is 16.5. The quantitative estimate of drug-likeness (QED) is 0.576. The molecular weight excluding hydrogens is 411 g/mol. The van der Waals surface area contributed by atoms with Crippen LogP contribution in [0.25, 0.3) is 5.78 Å². The van der Waals surface area contributed by atoms with Crippen molar-refractivity contribution < 1.29 is 22.7 Å². The molecule has 3 heterocycles. The first-order valence-electron chi connectivity index (χ1n) is 9.77. The van der Waals surface area contributed by atoms with Gasteiger partial charge in [0.25, 0.3) is 11.7 Å². The third-order valence-corrected chi connectivity index (χ3v) is 5.23. The lowest BCUT2D eigenvalue weighted by Gasteiger charge is -2.32. The van der Waals surface area contributed by atoms with Gasteiger partial charge in [-0.2, -0.15) is 27.8 Å². The number of carbonyl (C=O) groups is 1. The van der Waals surface area contributed by atoms with Gasteiger partial charge in [0, 0.05) is 30.3 Å². The Morgan fingerprint density at radius 3 is 2.58 bits per heavy atom. The fraction of sp³-hybridized carbons (Fsp3) is 0.333. The third-order valence-electron chi connectivity index (χ3n) is 5.23. The highest BCUT2D eigenvalue weighted by Crippen LogP contribution is 2.33. The normalized spacial score (nSPS) is 15.3. The van der Waals surface area contributed by atoms with Crippen molar-refractivity contribution in [3.8, 4) is 5.75 Å². The van der Waals surface area contributed by atoms with E-state index in [1.165, 1.54) is 0 Å². The standard InChI is InChI=1S/C21H20F3N5O2/c1-2-11-31-16-5-3-15(4-6-16)19(30)28-9-7-14(8-10-28)17-12-18(21(22,23)24)29-20(27-17)25-13-26-29/h2-6,12-14H,1,7-11H2. The number of rotatable bonds is 5. The van der Waals surface area contributed by atoms with Gasteiger partial charge in [-0.05, 0) is 43.2 Å². The molecule has 2 aromatic heterocycles. The molecule has 3 aromatic rings. The molecule has 0 spiro atoms. The average molecular weight is 431 g/mol. The number of halogens is 3. The summed E-state index contributed by atoms with van der Waals surface area (Å²) in [6, 6.07) is 7.87. The fourth-order valence-corrected chi connectivity index (χ4v) is 3.65. The Bertz CT molecular complexity index is 1090. The molecule has 1 aliphatic heterocycles. The van der Waals surface area contributed by atoms with Crippen LogP contribution in [-0.4, -0.2) is 50.1 Å². The Balaban J connectivity index is 1.45. The van der Waals surface area contributed by atoms with Gasteiger partial charge in [-0.3, -0.25) is 4.79 Å². The van der Waals surface area contributed by atoms with E-state index < -0.39 is 11.9 Å². The van der Waals surface area contributed by atoms with Gasteiger partial charge in [-0.15, -0.1) is 0 Å². The van der Waals surface area contributed by atoms with Crippen molar-refractivity contribution in [2.45, 2.75) is 24.9 Å². The Morgan fingerprint density at radius 1 is 1.23 bits per heavy atom. The Morgan fingerprint density at radius 2 is 1.94 bits per heavy atom. The van der Waals surface area contributed by atoms with Crippen molar-refractivity contribution in [1.29, 1.82) is 0 Å². The summed E-state index contributed by atoms with van der Waals surface area (Å²) in [7, 11) is 0. The van der Waals surface area contributed by atoms with E-state index in [9.17, 15) is 18.0 Å². The number of piperidine rings is 1. The van der Waals surface area contributed by atoms with E-state index in [4.69, 9.17) is 4.74 Å². The number of fused-ring (bicyclic) bond motifs is 1. The van der Waals surface area contributed by atoms with E-state index in [1.54, 1.807) is 35.2 Å². The molecule has 1 amide bonds. The van der Waals surface area contributed by atoms with Gasteiger partial charge in [0.15, 0.2) is 5.69 Å². The lowest BCUT2D eigenvalue weighted by Crippen LogP contribution is -2.38. The molecule has 1 fully saturated rings. The molecule has 10 heteroatoms. The number of hydrogen-bond acceptors (Lipinski definition) is 5. The number of alkyl halides is 3. The highest BCUT2D eigenvalue weighted by atomic mass is 19.4. The second kappa shape index (κ2) is 8.37. The summed E-state index contributed by atoms with van der Waals surface area (Å²) in [5, 5.41) is 3.62. The van der Waals surface area contributed by atoms with Crippen molar-refractivity contribution >= 4 is 11.7 Å². The molecule has 0 radical (unpaired) electrons. The van der Waals surface area contributed by atoms with Crippen LogP contribution in [0.5, 0.6) is 5.75 Å². The van der Waals surface area contributed by atoms with Gasteiger partial charge >= 0.3 is 6.18 Å². The number of nitrogens with zero attached hydrogens (tertiary/aromatic N) is 5. The van der Waals surface area contributed by atoms with E-state index in [0.29, 0.717) is 54.1 Å². The molecule has 0 aliphatic carbocycles. The average Bonchev–Trinajstić information content (AvgIpc) is 3.25. The molecule has 1 saturated heterocycles. The summed E-state index contributed by atoms with van der Waals surface area (Å²) in [5.74, 6) is 0.250. The topological polar surface area (TPSA) is 72.6 Å². The number of amides is 1. The van der Waals surface area contributed by atoms with E-state index in [1.807, 2.05) is 0 Å². The molecule has 1 aliphatic rings. The van der Waals surface area contributed by atoms with E-state index >= 15 is 0 Å². The van der Waals surface area contributed by atoms with Crippen LogP contribution in [0.2, 0.25) is 0 Å². The third kappa shape index (κ3) is 4.37. The largest absolute Gasteiger partial charge is 0.490 e. The minimum absolute atomic E-state index is 0.0814. The summed E-state index contributed by atoms with van der Waals surface area (Å²) >= 11 is 0. The molecule has 1 aromatic carbocycles. The van der Waals surface area contributed by atoms with Crippen LogP contribution in [0.1, 0.15) is 40.5 Å². The molecule has 0 atom stereocenters. The molecule has 162 valence electrons.